The van der Waals surface area contributed by atoms with E-state index in [2.05, 4.69) is 12.1 Å². The molecule has 0 bridgehead atoms. The van der Waals surface area contributed by atoms with Crippen LogP contribution in [0.5, 0.6) is 23.0 Å². The molecule has 3 aromatic carbocycles. The molecule has 6 nitrogen and oxygen atoms in total. The zero-order valence-corrected chi connectivity index (χ0v) is 19.9. The quantitative estimate of drug-likeness (QED) is 0.545. The van der Waals surface area contributed by atoms with Crippen LogP contribution in [0.2, 0.25) is 0 Å². The average molecular weight is 463 g/mol. The first-order valence-corrected chi connectivity index (χ1v) is 11.5. The van der Waals surface area contributed by atoms with Gasteiger partial charge < -0.3 is 28.8 Å². The normalized spacial score (nSPS) is 27.0. The number of hydrogen-bond acceptors (Lipinski definition) is 6. The largest absolute Gasteiger partial charge is 0.497 e. The number of fused-ring (bicyclic) bond motifs is 3. The molecule has 3 aromatic rings. The van der Waals surface area contributed by atoms with E-state index in [0.29, 0.717) is 35.8 Å². The molecule has 1 aliphatic carbocycles. The van der Waals surface area contributed by atoms with E-state index in [0.717, 1.165) is 16.9 Å². The molecule has 5 rings (SSSR count). The second-order valence-corrected chi connectivity index (χ2v) is 8.65. The minimum atomic E-state index is -1.19. The Kier molecular flexibility index (Phi) is 5.66. The maximum Gasteiger partial charge on any atom is 0.177 e. The van der Waals surface area contributed by atoms with Crippen molar-refractivity contribution in [1.29, 1.82) is 0 Å². The molecule has 0 spiro atoms. The third-order valence-corrected chi connectivity index (χ3v) is 7.20. The molecule has 0 radical (unpaired) electrons. The molecule has 2 aliphatic rings. The first-order valence-electron chi connectivity index (χ1n) is 11.5. The van der Waals surface area contributed by atoms with Gasteiger partial charge in [0, 0.05) is 24.7 Å². The van der Waals surface area contributed by atoms with Crippen molar-refractivity contribution in [1.82, 2.24) is 0 Å². The lowest BCUT2D eigenvalue weighted by atomic mass is 9.71. The van der Waals surface area contributed by atoms with Gasteiger partial charge in [-0.3, -0.25) is 0 Å². The summed E-state index contributed by atoms with van der Waals surface area (Å²) in [7, 11) is 4.86. The molecule has 0 amide bonds. The summed E-state index contributed by atoms with van der Waals surface area (Å²) >= 11 is 0. The fourth-order valence-corrected chi connectivity index (χ4v) is 5.90. The average Bonchev–Trinajstić information content (AvgIpc) is 3.31. The highest BCUT2D eigenvalue weighted by molar-refractivity contribution is 5.62. The Morgan fingerprint density at radius 3 is 2.24 bits per heavy atom. The third kappa shape index (κ3) is 2.95. The molecule has 0 saturated heterocycles. The van der Waals surface area contributed by atoms with E-state index in [-0.39, 0.29) is 5.92 Å². The Labute approximate surface area is 200 Å². The van der Waals surface area contributed by atoms with Gasteiger partial charge in [0.15, 0.2) is 11.2 Å². The topological polar surface area (TPSA) is 66.4 Å². The van der Waals surface area contributed by atoms with Gasteiger partial charge in [-0.25, -0.2) is 0 Å². The predicted molar refractivity (Wildman–Crippen MR) is 128 cm³/mol. The van der Waals surface area contributed by atoms with Gasteiger partial charge in [0.25, 0.3) is 0 Å². The van der Waals surface area contributed by atoms with E-state index < -0.39 is 17.3 Å². The molecular weight excluding hydrogens is 432 g/mol. The lowest BCUT2D eigenvalue weighted by molar-refractivity contribution is -0.184. The minimum absolute atomic E-state index is 0.188. The maximum absolute atomic E-state index is 11.8. The van der Waals surface area contributed by atoms with Gasteiger partial charge in [0.2, 0.25) is 0 Å². The van der Waals surface area contributed by atoms with E-state index >= 15 is 0 Å². The summed E-state index contributed by atoms with van der Waals surface area (Å²) in [6, 6.07) is 21.6. The number of ether oxygens (including phenoxy) is 5. The van der Waals surface area contributed by atoms with Gasteiger partial charge in [0.1, 0.15) is 23.0 Å². The van der Waals surface area contributed by atoms with E-state index in [1.807, 2.05) is 61.5 Å². The summed E-state index contributed by atoms with van der Waals surface area (Å²) in [6.07, 6.45) is -0.381. The molecule has 0 aromatic heterocycles. The molecule has 6 heteroatoms. The molecule has 1 saturated carbocycles. The zero-order chi connectivity index (χ0) is 23.9. The molecular formula is C28H30O6. The second-order valence-electron chi connectivity index (χ2n) is 8.65. The fraction of sp³-hybridized carbons (Fsp3) is 0.357. The van der Waals surface area contributed by atoms with Crippen molar-refractivity contribution in [3.63, 3.8) is 0 Å². The molecule has 1 aliphatic heterocycles. The highest BCUT2D eigenvalue weighted by Crippen LogP contribution is 2.70. The van der Waals surface area contributed by atoms with Crippen LogP contribution in [0, 0.1) is 0 Å². The molecule has 34 heavy (non-hydrogen) atoms. The predicted octanol–water partition coefficient (Wildman–Crippen LogP) is 4.78. The van der Waals surface area contributed by atoms with Gasteiger partial charge in [-0.15, -0.1) is 0 Å². The lowest BCUT2D eigenvalue weighted by Crippen LogP contribution is -2.53. The van der Waals surface area contributed by atoms with Crippen LogP contribution in [-0.4, -0.2) is 39.1 Å². The van der Waals surface area contributed by atoms with Crippen LogP contribution < -0.4 is 18.9 Å². The number of benzene rings is 3. The molecule has 1 fully saturated rings. The van der Waals surface area contributed by atoms with E-state index in [1.165, 1.54) is 0 Å². The van der Waals surface area contributed by atoms with Gasteiger partial charge >= 0.3 is 0 Å². The van der Waals surface area contributed by atoms with Gasteiger partial charge in [-0.05, 0) is 36.6 Å². The summed E-state index contributed by atoms with van der Waals surface area (Å²) < 4.78 is 30.3. The van der Waals surface area contributed by atoms with Crippen molar-refractivity contribution in [3.8, 4) is 23.0 Å². The smallest absolute Gasteiger partial charge is 0.177 e. The highest BCUT2D eigenvalue weighted by Gasteiger charge is 2.74. The first-order chi connectivity index (χ1) is 16.5. The second kappa shape index (κ2) is 8.53. The van der Waals surface area contributed by atoms with Crippen molar-refractivity contribution >= 4 is 0 Å². The van der Waals surface area contributed by atoms with Crippen molar-refractivity contribution in [2.75, 3.05) is 27.9 Å². The zero-order valence-electron chi connectivity index (χ0n) is 19.9. The van der Waals surface area contributed by atoms with Crippen LogP contribution in [0.4, 0.5) is 0 Å². The van der Waals surface area contributed by atoms with Crippen molar-refractivity contribution < 1.29 is 28.8 Å². The number of aliphatic hydroxyl groups excluding tert-OH is 1. The van der Waals surface area contributed by atoms with Crippen LogP contribution in [0.1, 0.15) is 36.0 Å². The van der Waals surface area contributed by atoms with E-state index in [1.54, 1.807) is 21.3 Å². The Balaban J connectivity index is 1.85. The van der Waals surface area contributed by atoms with E-state index in [9.17, 15) is 5.11 Å². The fourth-order valence-electron chi connectivity index (χ4n) is 5.90. The van der Waals surface area contributed by atoms with Gasteiger partial charge in [0.05, 0.1) is 33.0 Å². The molecule has 1 N–H and O–H groups in total. The molecule has 1 heterocycles. The summed E-state index contributed by atoms with van der Waals surface area (Å²) in [4.78, 5) is 0. The van der Waals surface area contributed by atoms with Crippen LogP contribution in [0.3, 0.4) is 0 Å². The van der Waals surface area contributed by atoms with E-state index in [4.69, 9.17) is 23.7 Å². The van der Waals surface area contributed by atoms with Crippen molar-refractivity contribution in [2.45, 2.75) is 36.6 Å². The molecule has 4 atom stereocenters. The van der Waals surface area contributed by atoms with Crippen molar-refractivity contribution in [3.05, 3.63) is 83.4 Å². The number of aliphatic hydroxyl groups is 1. The summed E-state index contributed by atoms with van der Waals surface area (Å²) in [5.41, 5.74) is 0.434. The Hall–Kier alpha value is -3.22. The molecule has 178 valence electrons. The van der Waals surface area contributed by atoms with Crippen LogP contribution >= 0.6 is 0 Å². The van der Waals surface area contributed by atoms with Crippen LogP contribution in [0.25, 0.3) is 0 Å². The number of hydrogen-bond donors (Lipinski definition) is 1. The molecule has 0 unspecified atom stereocenters. The minimum Gasteiger partial charge on any atom is -0.497 e. The summed E-state index contributed by atoms with van der Waals surface area (Å²) in [5.74, 6) is 2.31. The SMILES string of the molecule is CCO[C@]12c3c(OC)cc(OC)cc3O[C@@]1(c1ccc(OC)cc1)[C@H](c1ccccc1)C[C@H]2O. The lowest BCUT2D eigenvalue weighted by Gasteiger charge is -2.43. The summed E-state index contributed by atoms with van der Waals surface area (Å²) in [5, 5.41) is 11.8. The van der Waals surface area contributed by atoms with Gasteiger partial charge in [-0.1, -0.05) is 42.5 Å². The third-order valence-electron chi connectivity index (χ3n) is 7.20. The maximum atomic E-state index is 11.8. The van der Waals surface area contributed by atoms with Crippen LogP contribution in [0.15, 0.2) is 66.7 Å². The number of rotatable bonds is 7. The number of methoxy groups -OCH3 is 3. The summed E-state index contributed by atoms with van der Waals surface area (Å²) in [6.45, 7) is 2.32. The Morgan fingerprint density at radius 2 is 1.62 bits per heavy atom. The monoisotopic (exact) mass is 462 g/mol. The Morgan fingerprint density at radius 1 is 0.912 bits per heavy atom. The first kappa shape index (κ1) is 22.6. The Bertz CT molecular complexity index is 1160. The highest BCUT2D eigenvalue weighted by atomic mass is 16.6. The van der Waals surface area contributed by atoms with Crippen molar-refractivity contribution in [2.24, 2.45) is 0 Å². The standard InChI is InChI=1S/C28H30O6/c1-5-33-28-25(29)17-22(18-9-7-6-8-10-18)27(28,19-11-13-20(30-2)14-12-19)34-24-16-21(31-3)15-23(32-4)26(24)28/h6-16,22,25,29H,5,17H2,1-4H3/t22-,25+,27-,28+/m0/s1. The van der Waals surface area contributed by atoms with Crippen LogP contribution in [-0.2, 0) is 15.9 Å². The van der Waals surface area contributed by atoms with Gasteiger partial charge in [-0.2, -0.15) is 0 Å².